The summed E-state index contributed by atoms with van der Waals surface area (Å²) in [6.07, 6.45) is -0.837. The van der Waals surface area contributed by atoms with Gasteiger partial charge in [0.25, 0.3) is 0 Å². The summed E-state index contributed by atoms with van der Waals surface area (Å²) in [4.78, 5) is 0. The van der Waals surface area contributed by atoms with E-state index in [0.717, 1.165) is 0 Å². The van der Waals surface area contributed by atoms with Crippen LogP contribution in [0.3, 0.4) is 0 Å². The van der Waals surface area contributed by atoms with E-state index in [1.807, 2.05) is 0 Å². The first-order valence-corrected chi connectivity index (χ1v) is 2.55. The van der Waals surface area contributed by atoms with Crippen LogP contribution in [-0.4, -0.2) is 16.1 Å². The summed E-state index contributed by atoms with van der Waals surface area (Å²) in [5.74, 6) is 0. The fourth-order valence-corrected chi connectivity index (χ4v) is 0. The first kappa shape index (κ1) is 7.27. The minimum Gasteiger partial charge on any atom is -0.377 e. The van der Waals surface area contributed by atoms with Crippen LogP contribution >= 0.6 is 12.6 Å². The summed E-state index contributed by atoms with van der Waals surface area (Å²) < 4.78 is -0.472. The maximum Gasteiger partial charge on any atom is 0.116 e. The van der Waals surface area contributed by atoms with E-state index >= 15 is 0 Å². The van der Waals surface area contributed by atoms with E-state index < -0.39 is 11.0 Å². The van der Waals surface area contributed by atoms with E-state index in [-0.39, 0.29) is 0 Å². The van der Waals surface area contributed by atoms with Gasteiger partial charge < -0.3 is 10.8 Å². The second-order valence-electron chi connectivity index (χ2n) is 2.10. The highest BCUT2D eigenvalue weighted by Gasteiger charge is 2.17. The number of rotatable bonds is 1. The smallest absolute Gasteiger partial charge is 0.116 e. The van der Waals surface area contributed by atoms with Crippen LogP contribution in [0.2, 0.25) is 0 Å². The molecule has 1 unspecified atom stereocenters. The maximum atomic E-state index is 8.59. The SMILES string of the molecule is CC(C)(S)C(N)O. The topological polar surface area (TPSA) is 46.2 Å². The van der Waals surface area contributed by atoms with Crippen LogP contribution in [0.4, 0.5) is 0 Å². The van der Waals surface area contributed by atoms with Crippen LogP contribution < -0.4 is 5.73 Å². The van der Waals surface area contributed by atoms with E-state index in [1.165, 1.54) is 0 Å². The van der Waals surface area contributed by atoms with Gasteiger partial charge in [-0.05, 0) is 13.8 Å². The van der Waals surface area contributed by atoms with Gasteiger partial charge in [-0.3, -0.25) is 0 Å². The lowest BCUT2D eigenvalue weighted by Crippen LogP contribution is -2.38. The maximum absolute atomic E-state index is 8.59. The minimum absolute atomic E-state index is 0.472. The van der Waals surface area contributed by atoms with Crippen molar-refractivity contribution in [2.24, 2.45) is 5.73 Å². The fourth-order valence-electron chi connectivity index (χ4n) is 0. The number of nitrogens with two attached hydrogens (primary N) is 1. The van der Waals surface area contributed by atoms with E-state index in [1.54, 1.807) is 13.8 Å². The van der Waals surface area contributed by atoms with Crippen LogP contribution in [0, 0.1) is 0 Å². The molecule has 0 radical (unpaired) electrons. The van der Waals surface area contributed by atoms with Gasteiger partial charge in [-0.1, -0.05) is 0 Å². The minimum atomic E-state index is -0.837. The molecule has 44 valence electrons. The summed E-state index contributed by atoms with van der Waals surface area (Å²) >= 11 is 3.97. The highest BCUT2D eigenvalue weighted by Crippen LogP contribution is 2.12. The van der Waals surface area contributed by atoms with Crippen LogP contribution in [0.15, 0.2) is 0 Å². The number of hydrogen-bond donors (Lipinski definition) is 3. The molecule has 0 rings (SSSR count). The van der Waals surface area contributed by atoms with Gasteiger partial charge in [-0.25, -0.2) is 0 Å². The fraction of sp³-hybridized carbons (Fsp3) is 1.00. The Balaban J connectivity index is 3.54. The molecule has 0 aromatic carbocycles. The Kier molecular flexibility index (Phi) is 2.10. The largest absolute Gasteiger partial charge is 0.377 e. The highest BCUT2D eigenvalue weighted by molar-refractivity contribution is 7.81. The third-order valence-corrected chi connectivity index (χ3v) is 0.988. The van der Waals surface area contributed by atoms with E-state index in [4.69, 9.17) is 10.8 Å². The average Bonchev–Trinajstić information content (AvgIpc) is 1.31. The Labute approximate surface area is 49.1 Å². The predicted octanol–water partition coefficient (Wildman–Crippen LogP) is -0.0281. The molecular formula is C4H11NOS. The number of aliphatic hydroxyl groups excluding tert-OH is 1. The van der Waals surface area contributed by atoms with Crippen molar-refractivity contribution in [1.29, 1.82) is 0 Å². The lowest BCUT2D eigenvalue weighted by Gasteiger charge is -2.19. The molecule has 0 saturated heterocycles. The summed E-state index contributed by atoms with van der Waals surface area (Å²) in [7, 11) is 0. The van der Waals surface area contributed by atoms with Gasteiger partial charge in [-0.15, -0.1) is 0 Å². The molecule has 0 saturated carbocycles. The quantitative estimate of drug-likeness (QED) is 0.337. The Morgan fingerprint density at radius 3 is 1.86 bits per heavy atom. The summed E-state index contributed by atoms with van der Waals surface area (Å²) in [6.45, 7) is 3.50. The molecular weight excluding hydrogens is 110 g/mol. The molecule has 0 aromatic heterocycles. The van der Waals surface area contributed by atoms with Gasteiger partial charge in [0, 0.05) is 4.75 Å². The Hall–Kier alpha value is 0.270. The van der Waals surface area contributed by atoms with Gasteiger partial charge in [0.2, 0.25) is 0 Å². The lowest BCUT2D eigenvalue weighted by atomic mass is 10.2. The normalized spacial score (nSPS) is 16.7. The predicted molar refractivity (Wildman–Crippen MR) is 33.3 cm³/mol. The molecule has 3 N–H and O–H groups in total. The third-order valence-electron chi connectivity index (χ3n) is 0.724. The van der Waals surface area contributed by atoms with Crippen molar-refractivity contribution in [3.8, 4) is 0 Å². The van der Waals surface area contributed by atoms with Crippen molar-refractivity contribution >= 4 is 12.6 Å². The lowest BCUT2D eigenvalue weighted by molar-refractivity contribution is 0.150. The molecule has 0 fully saturated rings. The first-order valence-electron chi connectivity index (χ1n) is 2.10. The summed E-state index contributed by atoms with van der Waals surface area (Å²) in [5, 5.41) is 8.59. The van der Waals surface area contributed by atoms with Gasteiger partial charge in [0.05, 0.1) is 0 Å². The number of aliphatic hydroxyl groups is 1. The van der Waals surface area contributed by atoms with Crippen LogP contribution in [0.25, 0.3) is 0 Å². The van der Waals surface area contributed by atoms with Crippen LogP contribution in [0.1, 0.15) is 13.8 Å². The molecule has 7 heavy (non-hydrogen) atoms. The standard InChI is InChI=1S/C4H11NOS/c1-4(2,7)3(5)6/h3,6-7H,5H2,1-2H3. The van der Waals surface area contributed by atoms with E-state index in [0.29, 0.717) is 0 Å². The monoisotopic (exact) mass is 121 g/mol. The van der Waals surface area contributed by atoms with Crippen molar-refractivity contribution in [3.63, 3.8) is 0 Å². The summed E-state index contributed by atoms with van der Waals surface area (Å²) in [6, 6.07) is 0. The van der Waals surface area contributed by atoms with Crippen molar-refractivity contribution in [3.05, 3.63) is 0 Å². The molecule has 0 aliphatic heterocycles. The van der Waals surface area contributed by atoms with Crippen molar-refractivity contribution in [2.75, 3.05) is 0 Å². The van der Waals surface area contributed by atoms with Gasteiger partial charge in [-0.2, -0.15) is 12.6 Å². The van der Waals surface area contributed by atoms with Crippen molar-refractivity contribution < 1.29 is 5.11 Å². The van der Waals surface area contributed by atoms with Gasteiger partial charge in [0.1, 0.15) is 6.23 Å². The molecule has 3 heteroatoms. The Morgan fingerprint density at radius 1 is 1.71 bits per heavy atom. The number of hydrogen-bond acceptors (Lipinski definition) is 3. The Bertz CT molecular complexity index is 57.2. The zero-order valence-corrected chi connectivity index (χ0v) is 5.44. The molecule has 0 amide bonds. The van der Waals surface area contributed by atoms with Crippen molar-refractivity contribution in [2.45, 2.75) is 24.8 Å². The van der Waals surface area contributed by atoms with Crippen molar-refractivity contribution in [1.82, 2.24) is 0 Å². The van der Waals surface area contributed by atoms with Crippen LogP contribution in [0.5, 0.6) is 0 Å². The molecule has 0 aliphatic carbocycles. The highest BCUT2D eigenvalue weighted by atomic mass is 32.1. The molecule has 0 heterocycles. The van der Waals surface area contributed by atoms with E-state index in [2.05, 4.69) is 12.6 Å². The van der Waals surface area contributed by atoms with E-state index in [9.17, 15) is 0 Å². The second kappa shape index (κ2) is 2.03. The number of thiol groups is 1. The van der Waals surface area contributed by atoms with Gasteiger partial charge in [0.15, 0.2) is 0 Å². The third kappa shape index (κ3) is 2.91. The first-order chi connectivity index (χ1) is 2.94. The molecule has 0 spiro atoms. The molecule has 0 bridgehead atoms. The molecule has 1 atom stereocenters. The zero-order chi connectivity index (χ0) is 6.08. The molecule has 0 aromatic rings. The van der Waals surface area contributed by atoms with Crippen LogP contribution in [-0.2, 0) is 0 Å². The zero-order valence-electron chi connectivity index (χ0n) is 4.55. The average molecular weight is 121 g/mol. The Morgan fingerprint density at radius 2 is 1.86 bits per heavy atom. The molecule has 0 aliphatic rings. The second-order valence-corrected chi connectivity index (χ2v) is 3.25. The molecule has 2 nitrogen and oxygen atoms in total. The van der Waals surface area contributed by atoms with Gasteiger partial charge >= 0.3 is 0 Å². The summed E-state index contributed by atoms with van der Waals surface area (Å²) in [5.41, 5.74) is 5.05.